The number of halogens is 2. The van der Waals surface area contributed by atoms with Gasteiger partial charge in [-0.15, -0.1) is 0 Å². The van der Waals surface area contributed by atoms with Crippen molar-refractivity contribution in [3.8, 4) is 0 Å². The van der Waals surface area contributed by atoms with E-state index < -0.39 is 11.6 Å². The predicted molar refractivity (Wildman–Crippen MR) is 82.3 cm³/mol. The molecule has 1 aromatic carbocycles. The molecule has 0 saturated carbocycles. The van der Waals surface area contributed by atoms with Gasteiger partial charge in [0, 0.05) is 26.2 Å². The summed E-state index contributed by atoms with van der Waals surface area (Å²) in [5.41, 5.74) is 0.745. The molecule has 1 amide bonds. The van der Waals surface area contributed by atoms with Gasteiger partial charge in [-0.1, -0.05) is 6.07 Å². The fourth-order valence-electron chi connectivity index (χ4n) is 3.09. The molecular formula is C17H24F2N2O. The lowest BCUT2D eigenvalue weighted by Crippen LogP contribution is -2.44. The molecule has 0 spiro atoms. The monoisotopic (exact) mass is 310 g/mol. The molecule has 1 saturated heterocycles. The first-order valence-electron chi connectivity index (χ1n) is 8.00. The Hall–Kier alpha value is -1.49. The van der Waals surface area contributed by atoms with Crippen molar-refractivity contribution in [2.45, 2.75) is 33.2 Å². The molecule has 0 bridgehead atoms. The van der Waals surface area contributed by atoms with Crippen LogP contribution in [0, 0.1) is 17.6 Å². The van der Waals surface area contributed by atoms with E-state index in [9.17, 15) is 13.6 Å². The maximum Gasteiger partial charge on any atom is 0.226 e. The lowest BCUT2D eigenvalue weighted by atomic mass is 9.96. The topological polar surface area (TPSA) is 23.6 Å². The molecule has 1 fully saturated rings. The average Bonchev–Trinajstić information content (AvgIpc) is 2.52. The average molecular weight is 310 g/mol. The fourth-order valence-corrected chi connectivity index (χ4v) is 3.09. The number of piperidine rings is 1. The highest BCUT2D eigenvalue weighted by Gasteiger charge is 2.28. The van der Waals surface area contributed by atoms with E-state index in [4.69, 9.17) is 0 Å². The number of likely N-dealkylation sites (tertiary alicyclic amines) is 1. The van der Waals surface area contributed by atoms with Crippen LogP contribution in [0.15, 0.2) is 18.2 Å². The van der Waals surface area contributed by atoms with Gasteiger partial charge in [-0.2, -0.15) is 0 Å². The zero-order valence-electron chi connectivity index (χ0n) is 13.3. The number of carbonyl (C=O) groups is 1. The quantitative estimate of drug-likeness (QED) is 0.834. The molecule has 1 aliphatic rings. The van der Waals surface area contributed by atoms with Crippen LogP contribution in [0.1, 0.15) is 32.3 Å². The van der Waals surface area contributed by atoms with Crippen LogP contribution in [0.4, 0.5) is 8.78 Å². The van der Waals surface area contributed by atoms with Crippen molar-refractivity contribution >= 4 is 5.91 Å². The number of benzene rings is 1. The second-order valence-electron chi connectivity index (χ2n) is 5.83. The van der Waals surface area contributed by atoms with Crippen molar-refractivity contribution in [2.24, 2.45) is 5.92 Å². The maximum absolute atomic E-state index is 13.3. The van der Waals surface area contributed by atoms with Crippen LogP contribution in [-0.4, -0.2) is 41.9 Å². The lowest BCUT2D eigenvalue weighted by molar-refractivity contribution is -0.137. The van der Waals surface area contributed by atoms with Crippen LogP contribution in [0.2, 0.25) is 0 Å². The van der Waals surface area contributed by atoms with Crippen molar-refractivity contribution in [3.05, 3.63) is 35.4 Å². The Morgan fingerprint density at radius 3 is 2.64 bits per heavy atom. The molecule has 1 heterocycles. The van der Waals surface area contributed by atoms with E-state index in [0.29, 0.717) is 13.1 Å². The highest BCUT2D eigenvalue weighted by atomic mass is 19.2. The molecule has 0 radical (unpaired) electrons. The van der Waals surface area contributed by atoms with Gasteiger partial charge in [-0.05, 0) is 50.9 Å². The SMILES string of the molecule is CCN(CC)C(=O)C1CCCN(Cc2ccc(F)c(F)c2)C1. The van der Waals surface area contributed by atoms with Gasteiger partial charge in [0.2, 0.25) is 5.91 Å². The van der Waals surface area contributed by atoms with Crippen molar-refractivity contribution in [1.82, 2.24) is 9.80 Å². The second-order valence-corrected chi connectivity index (χ2v) is 5.83. The van der Waals surface area contributed by atoms with E-state index in [1.807, 2.05) is 18.7 Å². The Morgan fingerprint density at radius 2 is 2.00 bits per heavy atom. The minimum atomic E-state index is -0.822. The zero-order valence-corrected chi connectivity index (χ0v) is 13.3. The van der Waals surface area contributed by atoms with Crippen LogP contribution in [-0.2, 0) is 11.3 Å². The van der Waals surface area contributed by atoms with E-state index in [1.165, 1.54) is 6.07 Å². The van der Waals surface area contributed by atoms with Crippen molar-refractivity contribution in [3.63, 3.8) is 0 Å². The van der Waals surface area contributed by atoms with Crippen LogP contribution < -0.4 is 0 Å². The first-order valence-corrected chi connectivity index (χ1v) is 8.00. The minimum absolute atomic E-state index is 0.0129. The summed E-state index contributed by atoms with van der Waals surface area (Å²) < 4.78 is 26.3. The minimum Gasteiger partial charge on any atom is -0.343 e. The molecule has 1 aromatic rings. The van der Waals surface area contributed by atoms with Gasteiger partial charge in [0.15, 0.2) is 11.6 Å². The smallest absolute Gasteiger partial charge is 0.226 e. The largest absolute Gasteiger partial charge is 0.343 e. The van der Waals surface area contributed by atoms with Gasteiger partial charge >= 0.3 is 0 Å². The van der Waals surface area contributed by atoms with Gasteiger partial charge in [-0.3, -0.25) is 9.69 Å². The highest BCUT2D eigenvalue weighted by molar-refractivity contribution is 5.79. The molecule has 0 aliphatic carbocycles. The molecule has 1 aliphatic heterocycles. The Kier molecular flexibility index (Phi) is 5.89. The first kappa shape index (κ1) is 16.9. The van der Waals surface area contributed by atoms with Crippen LogP contribution in [0.5, 0.6) is 0 Å². The molecule has 3 nitrogen and oxygen atoms in total. The lowest BCUT2D eigenvalue weighted by Gasteiger charge is -2.34. The van der Waals surface area contributed by atoms with Crippen molar-refractivity contribution in [2.75, 3.05) is 26.2 Å². The van der Waals surface area contributed by atoms with Gasteiger partial charge in [0.25, 0.3) is 0 Å². The molecule has 1 unspecified atom stereocenters. The molecule has 5 heteroatoms. The summed E-state index contributed by atoms with van der Waals surface area (Å²) >= 11 is 0. The molecular weight excluding hydrogens is 286 g/mol. The summed E-state index contributed by atoms with van der Waals surface area (Å²) in [5.74, 6) is -1.42. The van der Waals surface area contributed by atoms with Gasteiger partial charge in [0.05, 0.1) is 5.92 Å². The Balaban J connectivity index is 1.98. The standard InChI is InChI=1S/C17H24F2N2O/c1-3-21(4-2)17(22)14-6-5-9-20(12-14)11-13-7-8-15(18)16(19)10-13/h7-8,10,14H,3-6,9,11-12H2,1-2H3. The molecule has 0 N–H and O–H groups in total. The zero-order chi connectivity index (χ0) is 16.1. The summed E-state index contributed by atoms with van der Waals surface area (Å²) in [4.78, 5) is 16.5. The summed E-state index contributed by atoms with van der Waals surface area (Å²) in [6.07, 6.45) is 1.87. The molecule has 122 valence electrons. The molecule has 22 heavy (non-hydrogen) atoms. The van der Waals surface area contributed by atoms with E-state index >= 15 is 0 Å². The van der Waals surface area contributed by atoms with Crippen molar-refractivity contribution in [1.29, 1.82) is 0 Å². The third-order valence-electron chi connectivity index (χ3n) is 4.32. The van der Waals surface area contributed by atoms with Gasteiger partial charge < -0.3 is 4.90 Å². The third kappa shape index (κ3) is 4.03. The van der Waals surface area contributed by atoms with E-state index in [0.717, 1.165) is 44.1 Å². The second kappa shape index (κ2) is 7.68. The van der Waals surface area contributed by atoms with Crippen molar-refractivity contribution < 1.29 is 13.6 Å². The molecule has 1 atom stereocenters. The predicted octanol–water partition coefficient (Wildman–Crippen LogP) is 3.05. The van der Waals surface area contributed by atoms with Crippen LogP contribution in [0.3, 0.4) is 0 Å². The number of carbonyl (C=O) groups excluding carboxylic acids is 1. The number of amides is 1. The maximum atomic E-state index is 13.3. The molecule has 2 rings (SSSR count). The normalized spacial score (nSPS) is 19.2. The Bertz CT molecular complexity index is 517. The summed E-state index contributed by atoms with van der Waals surface area (Å²) in [6, 6.07) is 4.01. The van der Waals surface area contributed by atoms with E-state index in [-0.39, 0.29) is 11.8 Å². The molecule has 0 aromatic heterocycles. The van der Waals surface area contributed by atoms with Gasteiger partial charge in [-0.25, -0.2) is 8.78 Å². The van der Waals surface area contributed by atoms with Crippen LogP contribution >= 0.6 is 0 Å². The number of rotatable bonds is 5. The summed E-state index contributed by atoms with van der Waals surface area (Å²) in [6.45, 7) is 7.57. The summed E-state index contributed by atoms with van der Waals surface area (Å²) in [5, 5.41) is 0. The van der Waals surface area contributed by atoms with Crippen LogP contribution in [0.25, 0.3) is 0 Å². The fraction of sp³-hybridized carbons (Fsp3) is 0.588. The first-order chi connectivity index (χ1) is 10.5. The third-order valence-corrected chi connectivity index (χ3v) is 4.32. The number of hydrogen-bond donors (Lipinski definition) is 0. The highest BCUT2D eigenvalue weighted by Crippen LogP contribution is 2.21. The van der Waals surface area contributed by atoms with Gasteiger partial charge in [0.1, 0.15) is 0 Å². The number of hydrogen-bond acceptors (Lipinski definition) is 2. The number of nitrogens with zero attached hydrogens (tertiary/aromatic N) is 2. The Labute approximate surface area is 130 Å². The van der Waals surface area contributed by atoms with E-state index in [2.05, 4.69) is 4.90 Å². The van der Waals surface area contributed by atoms with E-state index in [1.54, 1.807) is 6.07 Å². The Morgan fingerprint density at radius 1 is 1.27 bits per heavy atom. The summed E-state index contributed by atoms with van der Waals surface area (Å²) in [7, 11) is 0.